The van der Waals surface area contributed by atoms with Crippen molar-refractivity contribution in [1.29, 1.82) is 0 Å². The molecule has 20 heavy (non-hydrogen) atoms. The van der Waals surface area contributed by atoms with Crippen LogP contribution < -0.4 is 5.32 Å². The Labute approximate surface area is 115 Å². The van der Waals surface area contributed by atoms with Gasteiger partial charge in [0.25, 0.3) is 5.69 Å². The average molecular weight is 277 g/mol. The number of hydrogen-bond donors (Lipinski definition) is 1. The highest BCUT2D eigenvalue weighted by atomic mass is 16.6. The Morgan fingerprint density at radius 2 is 2.05 bits per heavy atom. The van der Waals surface area contributed by atoms with E-state index in [2.05, 4.69) is 5.32 Å². The van der Waals surface area contributed by atoms with Gasteiger partial charge >= 0.3 is 0 Å². The van der Waals surface area contributed by atoms with Gasteiger partial charge < -0.3 is 0 Å². The molecule has 1 heterocycles. The predicted molar refractivity (Wildman–Crippen MR) is 70.8 cm³/mol. The van der Waals surface area contributed by atoms with Crippen LogP contribution in [0.5, 0.6) is 0 Å². The lowest BCUT2D eigenvalue weighted by Crippen LogP contribution is -2.38. The first-order chi connectivity index (χ1) is 9.41. The highest BCUT2D eigenvalue weighted by Gasteiger charge is 2.37. The number of nitro benzene ring substituents is 1. The molecule has 1 aliphatic heterocycles. The summed E-state index contributed by atoms with van der Waals surface area (Å²) in [4.78, 5) is 34.9. The SMILES string of the molecule is CC(NC1CC(=O)N(C)C1=O)c1ccccc1[N+](=O)[O-]. The molecule has 2 atom stereocenters. The minimum Gasteiger partial charge on any atom is -0.299 e. The highest BCUT2D eigenvalue weighted by molar-refractivity contribution is 6.05. The number of para-hydroxylation sites is 1. The summed E-state index contributed by atoms with van der Waals surface area (Å²) < 4.78 is 0. The van der Waals surface area contributed by atoms with Crippen molar-refractivity contribution in [3.05, 3.63) is 39.9 Å². The lowest BCUT2D eigenvalue weighted by molar-refractivity contribution is -0.385. The lowest BCUT2D eigenvalue weighted by atomic mass is 10.0. The molecular formula is C13H15N3O4. The number of benzene rings is 1. The number of nitrogens with one attached hydrogen (secondary N) is 1. The van der Waals surface area contributed by atoms with Crippen molar-refractivity contribution in [2.45, 2.75) is 25.4 Å². The summed E-state index contributed by atoms with van der Waals surface area (Å²) in [5.74, 6) is -0.553. The topological polar surface area (TPSA) is 92.6 Å². The number of likely N-dealkylation sites (N-methyl/N-ethyl adjacent to an activating group) is 1. The van der Waals surface area contributed by atoms with Crippen LogP contribution in [-0.4, -0.2) is 34.7 Å². The Bertz CT molecular complexity index is 572. The number of rotatable bonds is 4. The largest absolute Gasteiger partial charge is 0.299 e. The number of amides is 2. The van der Waals surface area contributed by atoms with Gasteiger partial charge in [-0.3, -0.25) is 29.9 Å². The molecular weight excluding hydrogens is 262 g/mol. The second-order valence-electron chi connectivity index (χ2n) is 4.75. The van der Waals surface area contributed by atoms with Gasteiger partial charge in [-0.15, -0.1) is 0 Å². The third-order valence-corrected chi connectivity index (χ3v) is 3.43. The van der Waals surface area contributed by atoms with E-state index in [0.717, 1.165) is 4.90 Å². The number of carbonyl (C=O) groups is 2. The Morgan fingerprint density at radius 1 is 1.40 bits per heavy atom. The Kier molecular flexibility index (Phi) is 3.80. The highest BCUT2D eigenvalue weighted by Crippen LogP contribution is 2.25. The van der Waals surface area contributed by atoms with Crippen molar-refractivity contribution >= 4 is 17.5 Å². The molecule has 2 unspecified atom stereocenters. The van der Waals surface area contributed by atoms with Crippen LogP contribution in [0.4, 0.5) is 5.69 Å². The molecule has 0 spiro atoms. The van der Waals surface area contributed by atoms with Gasteiger partial charge in [0.05, 0.1) is 17.4 Å². The molecule has 1 N–H and O–H groups in total. The smallest absolute Gasteiger partial charge is 0.274 e. The van der Waals surface area contributed by atoms with Crippen LogP contribution in [0, 0.1) is 10.1 Å². The van der Waals surface area contributed by atoms with E-state index < -0.39 is 17.0 Å². The molecule has 0 radical (unpaired) electrons. The molecule has 1 fully saturated rings. The van der Waals surface area contributed by atoms with Crippen molar-refractivity contribution in [1.82, 2.24) is 10.2 Å². The molecule has 106 valence electrons. The van der Waals surface area contributed by atoms with Crippen LogP contribution >= 0.6 is 0 Å². The number of imide groups is 1. The summed E-state index contributed by atoms with van der Waals surface area (Å²) >= 11 is 0. The predicted octanol–water partition coefficient (Wildman–Crippen LogP) is 1.00. The monoisotopic (exact) mass is 277 g/mol. The minimum absolute atomic E-state index is 0.00220. The quantitative estimate of drug-likeness (QED) is 0.503. The van der Waals surface area contributed by atoms with Crippen LogP contribution in [0.3, 0.4) is 0 Å². The Balaban J connectivity index is 2.17. The van der Waals surface area contributed by atoms with Crippen LogP contribution in [0.2, 0.25) is 0 Å². The Hall–Kier alpha value is -2.28. The van der Waals surface area contributed by atoms with E-state index in [-0.39, 0.29) is 23.9 Å². The first kappa shape index (κ1) is 14.1. The van der Waals surface area contributed by atoms with Crippen molar-refractivity contribution in [3.63, 3.8) is 0 Å². The molecule has 1 aromatic rings. The molecule has 1 aliphatic rings. The van der Waals surface area contributed by atoms with Gasteiger partial charge in [-0.05, 0) is 6.92 Å². The summed E-state index contributed by atoms with van der Waals surface area (Å²) in [5.41, 5.74) is 0.491. The molecule has 1 aromatic carbocycles. The number of carbonyl (C=O) groups excluding carboxylic acids is 2. The number of nitro groups is 1. The van der Waals surface area contributed by atoms with Gasteiger partial charge in [-0.1, -0.05) is 18.2 Å². The third-order valence-electron chi connectivity index (χ3n) is 3.43. The summed E-state index contributed by atoms with van der Waals surface area (Å²) in [5, 5.41) is 14.0. The maximum atomic E-state index is 11.8. The van der Waals surface area contributed by atoms with E-state index in [1.807, 2.05) is 0 Å². The minimum atomic E-state index is -0.623. The van der Waals surface area contributed by atoms with Gasteiger partial charge in [0.2, 0.25) is 11.8 Å². The fourth-order valence-corrected chi connectivity index (χ4v) is 2.30. The normalized spacial score (nSPS) is 20.3. The summed E-state index contributed by atoms with van der Waals surface area (Å²) in [6.45, 7) is 1.73. The van der Waals surface area contributed by atoms with Crippen LogP contribution in [0.25, 0.3) is 0 Å². The first-order valence-corrected chi connectivity index (χ1v) is 6.21. The van der Waals surface area contributed by atoms with Crippen LogP contribution in [0.15, 0.2) is 24.3 Å². The maximum Gasteiger partial charge on any atom is 0.274 e. The van der Waals surface area contributed by atoms with E-state index in [1.54, 1.807) is 25.1 Å². The molecule has 0 bridgehead atoms. The van der Waals surface area contributed by atoms with E-state index in [4.69, 9.17) is 0 Å². The molecule has 2 amide bonds. The Morgan fingerprint density at radius 3 is 2.60 bits per heavy atom. The molecule has 1 saturated heterocycles. The maximum absolute atomic E-state index is 11.8. The van der Waals surface area contributed by atoms with Gasteiger partial charge in [-0.2, -0.15) is 0 Å². The van der Waals surface area contributed by atoms with Crippen molar-refractivity contribution in [2.75, 3.05) is 7.05 Å². The summed E-state index contributed by atoms with van der Waals surface area (Å²) in [6, 6.07) is 5.33. The van der Waals surface area contributed by atoms with Gasteiger partial charge in [0.15, 0.2) is 0 Å². The fourth-order valence-electron chi connectivity index (χ4n) is 2.30. The molecule has 0 saturated carbocycles. The van der Waals surface area contributed by atoms with E-state index in [9.17, 15) is 19.7 Å². The van der Waals surface area contributed by atoms with Crippen molar-refractivity contribution < 1.29 is 14.5 Å². The van der Waals surface area contributed by atoms with E-state index >= 15 is 0 Å². The second kappa shape index (κ2) is 5.38. The zero-order valence-corrected chi connectivity index (χ0v) is 11.2. The average Bonchev–Trinajstić information content (AvgIpc) is 2.66. The van der Waals surface area contributed by atoms with Crippen LogP contribution in [0.1, 0.15) is 24.9 Å². The van der Waals surface area contributed by atoms with Crippen LogP contribution in [-0.2, 0) is 9.59 Å². The zero-order valence-electron chi connectivity index (χ0n) is 11.2. The second-order valence-corrected chi connectivity index (χ2v) is 4.75. The van der Waals surface area contributed by atoms with E-state index in [1.165, 1.54) is 13.1 Å². The summed E-state index contributed by atoms with van der Waals surface area (Å²) in [7, 11) is 1.43. The van der Waals surface area contributed by atoms with E-state index in [0.29, 0.717) is 5.56 Å². The molecule has 7 nitrogen and oxygen atoms in total. The lowest BCUT2D eigenvalue weighted by Gasteiger charge is -2.18. The number of likely N-dealkylation sites (tertiary alicyclic amines) is 1. The number of hydrogen-bond acceptors (Lipinski definition) is 5. The summed E-state index contributed by atoms with van der Waals surface area (Å²) in [6.07, 6.45) is 0.0836. The zero-order chi connectivity index (χ0) is 14.9. The first-order valence-electron chi connectivity index (χ1n) is 6.21. The van der Waals surface area contributed by atoms with Gasteiger partial charge in [0.1, 0.15) is 0 Å². The van der Waals surface area contributed by atoms with Crippen molar-refractivity contribution in [2.24, 2.45) is 0 Å². The molecule has 7 heteroatoms. The molecule has 0 aliphatic carbocycles. The van der Waals surface area contributed by atoms with Gasteiger partial charge in [-0.25, -0.2) is 0 Å². The molecule has 0 aromatic heterocycles. The molecule has 2 rings (SSSR count). The number of nitrogens with zero attached hydrogens (tertiary/aromatic N) is 2. The standard InChI is InChI=1S/C13H15N3O4/c1-8(9-5-3-4-6-11(9)16(19)20)14-10-7-12(17)15(2)13(10)18/h3-6,8,10,14H,7H2,1-2H3. The fraction of sp³-hybridized carbons (Fsp3) is 0.385. The van der Waals surface area contributed by atoms with Crippen molar-refractivity contribution in [3.8, 4) is 0 Å². The van der Waals surface area contributed by atoms with Gasteiger partial charge in [0, 0.05) is 24.7 Å². The third kappa shape index (κ3) is 2.53.